The molecule has 0 spiro atoms. The lowest BCUT2D eigenvalue weighted by atomic mass is 9.84. The van der Waals surface area contributed by atoms with Gasteiger partial charge in [0.1, 0.15) is 5.82 Å². The molecule has 2 atom stereocenters. The van der Waals surface area contributed by atoms with Gasteiger partial charge in [-0.05, 0) is 74.1 Å². The van der Waals surface area contributed by atoms with Crippen molar-refractivity contribution >= 4 is 23.7 Å². The number of hydrogen-bond donors (Lipinski definition) is 1. The number of anilines is 1. The second-order valence-corrected chi connectivity index (χ2v) is 11.4. The topological polar surface area (TPSA) is 84.4 Å². The van der Waals surface area contributed by atoms with Gasteiger partial charge in [0.15, 0.2) is 0 Å². The average Bonchev–Trinajstić information content (AvgIpc) is 3.40. The number of benzene rings is 2. The molecule has 2 fully saturated rings. The first-order chi connectivity index (χ1) is 19.7. The van der Waals surface area contributed by atoms with E-state index in [4.69, 9.17) is 0 Å². The molecule has 1 N–H and O–H groups in total. The molecule has 12 heteroatoms. The smallest absolute Gasteiger partial charge is 0.416 e. The van der Waals surface area contributed by atoms with Gasteiger partial charge >= 0.3 is 18.3 Å². The van der Waals surface area contributed by atoms with Crippen molar-refractivity contribution in [3.05, 3.63) is 65.0 Å². The van der Waals surface area contributed by atoms with E-state index in [0.29, 0.717) is 31.2 Å². The minimum Gasteiger partial charge on any atom is -0.465 e. The van der Waals surface area contributed by atoms with E-state index in [1.54, 1.807) is 24.1 Å². The van der Waals surface area contributed by atoms with E-state index >= 15 is 0 Å². The number of halogens is 4. The van der Waals surface area contributed by atoms with Gasteiger partial charge in [-0.2, -0.15) is 13.2 Å². The molecule has 228 valence electrons. The Balaban J connectivity index is 1.54. The van der Waals surface area contributed by atoms with Crippen LogP contribution < -0.4 is 4.90 Å². The minimum atomic E-state index is -4.57. The quantitative estimate of drug-likeness (QED) is 0.445. The van der Waals surface area contributed by atoms with Crippen LogP contribution in [-0.4, -0.2) is 84.2 Å². The molecule has 0 bridgehead atoms. The summed E-state index contributed by atoms with van der Waals surface area (Å²) in [4.78, 5) is 44.1. The van der Waals surface area contributed by atoms with Crippen LogP contribution in [0.2, 0.25) is 0 Å². The van der Waals surface area contributed by atoms with Crippen LogP contribution in [0.15, 0.2) is 42.5 Å². The van der Waals surface area contributed by atoms with Gasteiger partial charge in [0, 0.05) is 57.8 Å². The van der Waals surface area contributed by atoms with Gasteiger partial charge in [0.05, 0.1) is 11.6 Å². The number of carbonyl (C=O) groups is 3. The third kappa shape index (κ3) is 6.63. The number of alkyl halides is 3. The summed E-state index contributed by atoms with van der Waals surface area (Å²) in [5.41, 5.74) is 0.325. The Hall–Kier alpha value is -3.83. The van der Waals surface area contributed by atoms with Crippen molar-refractivity contribution in [1.82, 2.24) is 14.7 Å². The highest BCUT2D eigenvalue weighted by Gasteiger charge is 2.43. The summed E-state index contributed by atoms with van der Waals surface area (Å²) < 4.78 is 54.1. The highest BCUT2D eigenvalue weighted by atomic mass is 19.4. The highest BCUT2D eigenvalue weighted by Crippen LogP contribution is 2.36. The third-order valence-electron chi connectivity index (χ3n) is 8.66. The first kappa shape index (κ1) is 31.1. The minimum absolute atomic E-state index is 0.0799. The van der Waals surface area contributed by atoms with Crippen LogP contribution >= 0.6 is 0 Å². The van der Waals surface area contributed by atoms with Crippen molar-refractivity contribution in [2.24, 2.45) is 5.92 Å². The van der Waals surface area contributed by atoms with Crippen molar-refractivity contribution < 1.29 is 37.1 Å². The van der Waals surface area contributed by atoms with E-state index in [-0.39, 0.29) is 42.6 Å². The zero-order valence-corrected chi connectivity index (χ0v) is 24.1. The third-order valence-corrected chi connectivity index (χ3v) is 8.66. The van der Waals surface area contributed by atoms with Crippen molar-refractivity contribution in [2.45, 2.75) is 56.8 Å². The maximum absolute atomic E-state index is 13.7. The Kier molecular flexibility index (Phi) is 9.03. The average molecular weight is 593 g/mol. The lowest BCUT2D eigenvalue weighted by Gasteiger charge is -2.34. The predicted molar refractivity (Wildman–Crippen MR) is 149 cm³/mol. The molecule has 4 amide bonds. The summed E-state index contributed by atoms with van der Waals surface area (Å²) in [6.07, 6.45) is -3.37. The summed E-state index contributed by atoms with van der Waals surface area (Å²) in [7, 11) is 4.49. The molecular formula is C30H36F4N4O4. The maximum Gasteiger partial charge on any atom is 0.416 e. The summed E-state index contributed by atoms with van der Waals surface area (Å²) in [6.45, 7) is 2.01. The van der Waals surface area contributed by atoms with E-state index in [1.807, 2.05) is 0 Å². The molecule has 1 heterocycles. The van der Waals surface area contributed by atoms with Crippen LogP contribution in [0.5, 0.6) is 0 Å². The molecule has 0 unspecified atom stereocenters. The lowest BCUT2D eigenvalue weighted by Crippen LogP contribution is -2.48. The fraction of sp³-hybridized carbons (Fsp3) is 0.500. The summed E-state index contributed by atoms with van der Waals surface area (Å²) >= 11 is 0. The zero-order valence-electron chi connectivity index (χ0n) is 24.1. The first-order valence-corrected chi connectivity index (χ1v) is 13.9. The van der Waals surface area contributed by atoms with E-state index in [1.165, 1.54) is 49.0 Å². The van der Waals surface area contributed by atoms with Gasteiger partial charge in [-0.25, -0.2) is 14.0 Å². The van der Waals surface area contributed by atoms with Gasteiger partial charge < -0.3 is 19.8 Å². The standard InChI is InChI=1S/C30H36F4N4O4/c1-18-13-21(30(32,33)34)15-24(14-18)35(2)28(40)37(4)26-17-38(16-25(26)19-5-9-22(31)10-6-19)27(39)20-7-11-23(12-8-20)36(3)29(41)42/h5-6,9-10,13-15,20,23,25-26H,7-8,11-12,16-17H2,1-4H3,(H,41,42)/t20-,23-,25-,26+/m0/s1. The van der Waals surface area contributed by atoms with Gasteiger partial charge in [-0.1, -0.05) is 12.1 Å². The molecule has 1 aliphatic heterocycles. The largest absolute Gasteiger partial charge is 0.465 e. The van der Waals surface area contributed by atoms with Crippen molar-refractivity contribution in [3.8, 4) is 0 Å². The summed E-state index contributed by atoms with van der Waals surface area (Å²) in [6, 6.07) is 8.10. The lowest BCUT2D eigenvalue weighted by molar-refractivity contribution is -0.137. The number of carboxylic acid groups (broad SMARTS) is 1. The molecule has 8 nitrogen and oxygen atoms in total. The van der Waals surface area contributed by atoms with Crippen LogP contribution in [0.25, 0.3) is 0 Å². The van der Waals surface area contributed by atoms with Crippen LogP contribution in [0.1, 0.15) is 48.3 Å². The number of hydrogen-bond acceptors (Lipinski definition) is 3. The molecule has 0 radical (unpaired) electrons. The molecule has 0 aromatic heterocycles. The van der Waals surface area contributed by atoms with E-state index in [0.717, 1.165) is 22.6 Å². The normalized spacial score (nSPS) is 22.5. The number of aryl methyl sites for hydroxylation is 1. The van der Waals surface area contributed by atoms with Gasteiger partial charge in [0.2, 0.25) is 5.91 Å². The summed E-state index contributed by atoms with van der Waals surface area (Å²) in [5, 5.41) is 9.28. The Labute approximate surface area is 242 Å². The van der Waals surface area contributed by atoms with Gasteiger partial charge in [-0.15, -0.1) is 0 Å². The Morgan fingerprint density at radius 2 is 1.52 bits per heavy atom. The number of amides is 4. The van der Waals surface area contributed by atoms with Crippen LogP contribution in [0.3, 0.4) is 0 Å². The fourth-order valence-corrected chi connectivity index (χ4v) is 6.13. The fourth-order valence-electron chi connectivity index (χ4n) is 6.13. The second kappa shape index (κ2) is 12.2. The SMILES string of the molecule is Cc1cc(N(C)C(=O)N(C)[C@@H]2CN(C(=O)[C@H]3CC[C@H](N(C)C(=O)O)CC3)C[C@H]2c2ccc(F)cc2)cc(C(F)(F)F)c1. The van der Waals surface area contributed by atoms with Crippen LogP contribution in [-0.2, 0) is 11.0 Å². The molecule has 1 aliphatic carbocycles. The zero-order chi connectivity index (χ0) is 30.9. The molecule has 42 heavy (non-hydrogen) atoms. The summed E-state index contributed by atoms with van der Waals surface area (Å²) in [5.74, 6) is -1.14. The molecule has 2 aliphatic rings. The van der Waals surface area contributed by atoms with Crippen LogP contribution in [0, 0.1) is 18.7 Å². The van der Waals surface area contributed by atoms with Crippen LogP contribution in [0.4, 0.5) is 32.8 Å². The van der Waals surface area contributed by atoms with Crippen molar-refractivity contribution in [2.75, 3.05) is 39.1 Å². The number of carbonyl (C=O) groups excluding carboxylic acids is 2. The molecule has 1 saturated heterocycles. The number of urea groups is 1. The molecule has 2 aromatic carbocycles. The molecule has 4 rings (SSSR count). The van der Waals surface area contributed by atoms with E-state index in [2.05, 4.69) is 0 Å². The molecule has 1 saturated carbocycles. The maximum atomic E-state index is 13.7. The highest BCUT2D eigenvalue weighted by molar-refractivity contribution is 5.92. The first-order valence-electron chi connectivity index (χ1n) is 13.9. The number of likely N-dealkylation sites (N-methyl/N-ethyl adjacent to an activating group) is 1. The van der Waals surface area contributed by atoms with Gasteiger partial charge in [-0.3, -0.25) is 9.69 Å². The molecular weight excluding hydrogens is 556 g/mol. The second-order valence-electron chi connectivity index (χ2n) is 11.4. The monoisotopic (exact) mass is 592 g/mol. The number of nitrogens with zero attached hydrogens (tertiary/aromatic N) is 4. The van der Waals surface area contributed by atoms with E-state index < -0.39 is 35.7 Å². The Bertz CT molecular complexity index is 1310. The van der Waals surface area contributed by atoms with Crippen molar-refractivity contribution in [1.29, 1.82) is 0 Å². The Morgan fingerprint density at radius 3 is 2.10 bits per heavy atom. The Morgan fingerprint density at radius 1 is 0.905 bits per heavy atom. The van der Waals surface area contributed by atoms with E-state index in [9.17, 15) is 37.1 Å². The van der Waals surface area contributed by atoms with Gasteiger partial charge in [0.25, 0.3) is 0 Å². The van der Waals surface area contributed by atoms with Crippen molar-refractivity contribution in [3.63, 3.8) is 0 Å². The number of likely N-dealkylation sites (tertiary alicyclic amines) is 1. The predicted octanol–water partition coefficient (Wildman–Crippen LogP) is 5.80. The number of rotatable bonds is 5. The molecule has 2 aromatic rings.